The Balaban J connectivity index is 0.000000310. The van der Waals surface area contributed by atoms with Gasteiger partial charge in [0, 0.05) is 0 Å². The molecule has 1 heteroatoms. The minimum absolute atomic E-state index is 0.384. The van der Waals surface area contributed by atoms with E-state index >= 15 is 0 Å². The summed E-state index contributed by atoms with van der Waals surface area (Å²) in [6, 6.07) is 5.65. The zero-order valence-corrected chi connectivity index (χ0v) is 8.89. The first-order valence-corrected chi connectivity index (χ1v) is 4.32. The summed E-state index contributed by atoms with van der Waals surface area (Å²) in [6.45, 7) is 11.3. The third-order valence-electron chi connectivity index (χ3n) is 1.36. The van der Waals surface area contributed by atoms with Crippen molar-refractivity contribution in [2.24, 2.45) is 0 Å². The van der Waals surface area contributed by atoms with Crippen LogP contribution in [0.3, 0.4) is 0 Å². The molecule has 0 heterocycles. The number of hydrogen-bond donors (Lipinski definition) is 1. The quantitative estimate of drug-likeness (QED) is 0.602. The first-order valence-electron chi connectivity index (χ1n) is 4.32. The van der Waals surface area contributed by atoms with E-state index in [2.05, 4.69) is 6.58 Å². The molecule has 0 fully saturated rings. The molecule has 0 saturated heterocycles. The summed E-state index contributed by atoms with van der Waals surface area (Å²) in [5.41, 5.74) is 3.19. The maximum Gasteiger partial charge on any atom is 0.118 e. The van der Waals surface area contributed by atoms with Crippen LogP contribution in [0.2, 0.25) is 0 Å². The van der Waals surface area contributed by atoms with Crippen LogP contribution in [0.25, 0.3) is 0 Å². The summed E-state index contributed by atoms with van der Waals surface area (Å²) in [6.07, 6.45) is 0. The minimum atomic E-state index is 0.384. The molecule has 1 N–H and O–H groups in total. The summed E-state index contributed by atoms with van der Waals surface area (Å²) >= 11 is 0. The van der Waals surface area contributed by atoms with Gasteiger partial charge in [-0.2, -0.15) is 0 Å². The Labute approximate surface area is 80.7 Å². The van der Waals surface area contributed by atoms with Gasteiger partial charge in [-0.05, 0) is 44.9 Å². The van der Waals surface area contributed by atoms with E-state index in [4.69, 9.17) is 5.11 Å². The van der Waals surface area contributed by atoms with Crippen molar-refractivity contribution in [1.29, 1.82) is 0 Å². The lowest BCUT2D eigenvalue weighted by molar-refractivity contribution is 0.470. The molecule has 0 radical (unpaired) electrons. The van der Waals surface area contributed by atoms with Gasteiger partial charge in [-0.1, -0.05) is 17.7 Å². The number of phenolic OH excluding ortho intramolecular Hbond substituents is 1. The molecule has 0 spiro atoms. The van der Waals surface area contributed by atoms with Crippen LogP contribution in [-0.4, -0.2) is 5.11 Å². The van der Waals surface area contributed by atoms with E-state index < -0.39 is 0 Å². The first kappa shape index (κ1) is 11.8. The van der Waals surface area contributed by atoms with Crippen LogP contribution < -0.4 is 0 Å². The van der Waals surface area contributed by atoms with Gasteiger partial charge in [0.15, 0.2) is 0 Å². The Kier molecular flexibility index (Phi) is 4.90. The molecule has 0 aromatic heterocycles. The molecule has 0 unspecified atom stereocenters. The van der Waals surface area contributed by atoms with Crippen molar-refractivity contribution in [2.45, 2.75) is 27.7 Å². The average Bonchev–Trinajstić information content (AvgIpc) is 1.96. The topological polar surface area (TPSA) is 20.2 Å². The largest absolute Gasteiger partial charge is 0.508 e. The lowest BCUT2D eigenvalue weighted by Gasteiger charge is -1.97. The Morgan fingerprint density at radius 2 is 1.69 bits per heavy atom. The number of phenols is 1. The van der Waals surface area contributed by atoms with Gasteiger partial charge in [-0.25, -0.2) is 0 Å². The number of hydrogen-bond acceptors (Lipinski definition) is 1. The molecule has 13 heavy (non-hydrogen) atoms. The van der Waals surface area contributed by atoms with E-state index in [0.717, 1.165) is 11.1 Å². The van der Waals surface area contributed by atoms with Gasteiger partial charge in [0.05, 0.1) is 0 Å². The maximum absolute atomic E-state index is 9.10. The smallest absolute Gasteiger partial charge is 0.118 e. The predicted octanol–water partition coefficient (Wildman–Crippen LogP) is 3.59. The molecule has 0 atom stereocenters. The maximum atomic E-state index is 9.10. The number of allylic oxidation sites excluding steroid dienone is 1. The number of benzene rings is 1. The third kappa shape index (κ3) is 5.97. The van der Waals surface area contributed by atoms with Crippen molar-refractivity contribution in [3.8, 4) is 5.75 Å². The highest BCUT2D eigenvalue weighted by atomic mass is 16.3. The van der Waals surface area contributed by atoms with Crippen LogP contribution in [0.1, 0.15) is 25.0 Å². The van der Waals surface area contributed by atoms with Crippen LogP contribution in [0, 0.1) is 13.8 Å². The van der Waals surface area contributed by atoms with E-state index in [1.54, 1.807) is 6.07 Å². The van der Waals surface area contributed by atoms with Gasteiger partial charge in [0.2, 0.25) is 0 Å². The summed E-state index contributed by atoms with van der Waals surface area (Å²) in [5.74, 6) is 0.384. The molecule has 1 aromatic rings. The Hall–Kier alpha value is -1.24. The number of rotatable bonds is 0. The molecular formula is C12H18O. The monoisotopic (exact) mass is 178 g/mol. The SMILES string of the molecule is C=C(C)C.Cc1ccc(C)c(O)c1. The van der Waals surface area contributed by atoms with Gasteiger partial charge in [-0.3, -0.25) is 0 Å². The molecule has 1 aromatic carbocycles. The van der Waals surface area contributed by atoms with E-state index in [1.807, 2.05) is 39.8 Å². The molecule has 0 amide bonds. The average molecular weight is 178 g/mol. The summed E-state index contributed by atoms with van der Waals surface area (Å²) < 4.78 is 0. The zero-order valence-electron chi connectivity index (χ0n) is 8.89. The summed E-state index contributed by atoms with van der Waals surface area (Å²) in [7, 11) is 0. The second-order valence-corrected chi connectivity index (χ2v) is 3.50. The van der Waals surface area contributed by atoms with Gasteiger partial charge in [0.1, 0.15) is 5.75 Å². The van der Waals surface area contributed by atoms with Crippen molar-refractivity contribution in [1.82, 2.24) is 0 Å². The van der Waals surface area contributed by atoms with Gasteiger partial charge < -0.3 is 5.11 Å². The molecule has 1 nitrogen and oxygen atoms in total. The van der Waals surface area contributed by atoms with Crippen molar-refractivity contribution in [3.63, 3.8) is 0 Å². The van der Waals surface area contributed by atoms with Crippen LogP contribution in [-0.2, 0) is 0 Å². The molecule has 0 bridgehead atoms. The Morgan fingerprint density at radius 1 is 1.23 bits per heavy atom. The molecule has 0 aliphatic rings. The van der Waals surface area contributed by atoms with Crippen molar-refractivity contribution in [3.05, 3.63) is 41.5 Å². The van der Waals surface area contributed by atoms with E-state index in [9.17, 15) is 0 Å². The second kappa shape index (κ2) is 5.41. The lowest BCUT2D eigenvalue weighted by atomic mass is 10.1. The highest BCUT2D eigenvalue weighted by molar-refractivity contribution is 5.34. The summed E-state index contributed by atoms with van der Waals surface area (Å²) in [5, 5.41) is 9.10. The minimum Gasteiger partial charge on any atom is -0.508 e. The van der Waals surface area contributed by atoms with Gasteiger partial charge >= 0.3 is 0 Å². The molecular weight excluding hydrogens is 160 g/mol. The van der Waals surface area contributed by atoms with E-state index in [-0.39, 0.29) is 0 Å². The lowest BCUT2D eigenvalue weighted by Crippen LogP contribution is -1.74. The molecule has 1 rings (SSSR count). The Morgan fingerprint density at radius 3 is 2.00 bits per heavy atom. The third-order valence-corrected chi connectivity index (χ3v) is 1.36. The van der Waals surface area contributed by atoms with E-state index in [0.29, 0.717) is 5.75 Å². The fraction of sp³-hybridized carbons (Fsp3) is 0.333. The zero-order chi connectivity index (χ0) is 10.4. The van der Waals surface area contributed by atoms with Crippen molar-refractivity contribution < 1.29 is 5.11 Å². The molecule has 0 saturated carbocycles. The highest BCUT2D eigenvalue weighted by Gasteiger charge is 1.91. The van der Waals surface area contributed by atoms with E-state index in [1.165, 1.54) is 5.57 Å². The van der Waals surface area contributed by atoms with Crippen molar-refractivity contribution in [2.75, 3.05) is 0 Å². The van der Waals surface area contributed by atoms with Crippen LogP contribution >= 0.6 is 0 Å². The first-order chi connectivity index (χ1) is 5.93. The highest BCUT2D eigenvalue weighted by Crippen LogP contribution is 2.15. The second-order valence-electron chi connectivity index (χ2n) is 3.50. The standard InChI is InChI=1S/C8H10O.C4H8/c1-6-3-4-7(2)8(9)5-6;1-4(2)3/h3-5,9H,1-2H3;1H2,2-3H3. The molecule has 72 valence electrons. The number of aromatic hydroxyl groups is 1. The van der Waals surface area contributed by atoms with Crippen LogP contribution in [0.15, 0.2) is 30.4 Å². The van der Waals surface area contributed by atoms with Crippen LogP contribution in [0.5, 0.6) is 5.75 Å². The fourth-order valence-corrected chi connectivity index (χ4v) is 0.719. The van der Waals surface area contributed by atoms with Crippen molar-refractivity contribution >= 4 is 0 Å². The fourth-order valence-electron chi connectivity index (χ4n) is 0.719. The summed E-state index contributed by atoms with van der Waals surface area (Å²) in [4.78, 5) is 0. The van der Waals surface area contributed by atoms with Gasteiger partial charge in [0.25, 0.3) is 0 Å². The molecule has 0 aliphatic heterocycles. The number of aryl methyl sites for hydroxylation is 2. The van der Waals surface area contributed by atoms with Gasteiger partial charge in [-0.15, -0.1) is 6.58 Å². The normalized spacial score (nSPS) is 8.62. The molecule has 0 aliphatic carbocycles. The predicted molar refractivity (Wildman–Crippen MR) is 58.1 cm³/mol. The Bertz CT molecular complexity index is 283. The van der Waals surface area contributed by atoms with Crippen LogP contribution in [0.4, 0.5) is 0 Å².